The summed E-state index contributed by atoms with van der Waals surface area (Å²) in [5.74, 6) is -0.0805. The summed E-state index contributed by atoms with van der Waals surface area (Å²) in [5.41, 5.74) is 0.274. The number of nitrogens with zero attached hydrogens (tertiary/aromatic N) is 1. The van der Waals surface area contributed by atoms with Gasteiger partial charge in [0.15, 0.2) is 0 Å². The highest BCUT2D eigenvalue weighted by molar-refractivity contribution is 8.04. The smallest absolute Gasteiger partial charge is 0.338 e. The van der Waals surface area contributed by atoms with E-state index in [1.165, 1.54) is 49.1 Å². The van der Waals surface area contributed by atoms with Crippen molar-refractivity contribution in [2.75, 3.05) is 39.7 Å². The van der Waals surface area contributed by atoms with Crippen molar-refractivity contribution in [2.45, 2.75) is 6.92 Å². The Bertz CT molecular complexity index is 725. The lowest BCUT2D eigenvalue weighted by Gasteiger charge is -2.17. The lowest BCUT2D eigenvalue weighted by molar-refractivity contribution is -0.137. The fourth-order valence-electron chi connectivity index (χ4n) is 2.29. The summed E-state index contributed by atoms with van der Waals surface area (Å²) < 4.78 is 20.3. The Morgan fingerprint density at radius 2 is 1.81 bits per heavy atom. The first-order chi connectivity index (χ1) is 13.0. The molecule has 0 aliphatic carbocycles. The van der Waals surface area contributed by atoms with Gasteiger partial charge in [-0.25, -0.2) is 9.59 Å². The van der Waals surface area contributed by atoms with Crippen molar-refractivity contribution in [1.29, 1.82) is 0 Å². The zero-order chi connectivity index (χ0) is 19.8. The average Bonchev–Trinajstić information content (AvgIpc) is 3.01. The quantitative estimate of drug-likeness (QED) is 0.486. The molecule has 1 aliphatic heterocycles. The van der Waals surface area contributed by atoms with Crippen LogP contribution in [-0.2, 0) is 19.1 Å². The standard InChI is InChI=1S/C18H21NO7S/c1-4-25-17(21)10-16-19(15(20)11-27-16)5-6-26-18(22)12-7-13(23-2)9-14(8-12)24-3/h7-10H,4-6,11H2,1-3H3/b16-10-. The second-order valence-electron chi connectivity index (χ2n) is 5.31. The van der Waals surface area contributed by atoms with Crippen LogP contribution in [-0.4, -0.2) is 62.5 Å². The first-order valence-electron chi connectivity index (χ1n) is 8.20. The van der Waals surface area contributed by atoms with Crippen molar-refractivity contribution in [3.8, 4) is 11.5 Å². The molecule has 1 amide bonds. The number of rotatable bonds is 8. The van der Waals surface area contributed by atoms with Gasteiger partial charge >= 0.3 is 11.9 Å². The van der Waals surface area contributed by atoms with Crippen molar-refractivity contribution >= 4 is 29.6 Å². The summed E-state index contributed by atoms with van der Waals surface area (Å²) in [7, 11) is 2.97. The van der Waals surface area contributed by atoms with E-state index in [2.05, 4.69) is 0 Å². The summed E-state index contributed by atoms with van der Waals surface area (Å²) >= 11 is 1.24. The minimum atomic E-state index is -0.567. The van der Waals surface area contributed by atoms with Crippen LogP contribution >= 0.6 is 11.8 Å². The molecule has 0 spiro atoms. The molecule has 0 unspecified atom stereocenters. The summed E-state index contributed by atoms with van der Waals surface area (Å²) in [5, 5.41) is 0.484. The Balaban J connectivity index is 1.97. The molecular weight excluding hydrogens is 374 g/mol. The fraction of sp³-hybridized carbons (Fsp3) is 0.389. The second-order valence-corrected chi connectivity index (χ2v) is 6.30. The van der Waals surface area contributed by atoms with Crippen LogP contribution in [0.15, 0.2) is 29.3 Å². The molecule has 1 fully saturated rings. The Kier molecular flexibility index (Phi) is 7.54. The van der Waals surface area contributed by atoms with Gasteiger partial charge in [0, 0.05) is 6.07 Å². The van der Waals surface area contributed by atoms with Gasteiger partial charge in [0.05, 0.1) is 49.8 Å². The van der Waals surface area contributed by atoms with Crippen LogP contribution in [0.2, 0.25) is 0 Å². The predicted octanol–water partition coefficient (Wildman–Crippen LogP) is 1.84. The number of hydrogen-bond donors (Lipinski definition) is 0. The lowest BCUT2D eigenvalue weighted by Crippen LogP contribution is -2.29. The van der Waals surface area contributed by atoms with Gasteiger partial charge in [-0.05, 0) is 19.1 Å². The highest BCUT2D eigenvalue weighted by Gasteiger charge is 2.27. The molecule has 0 saturated carbocycles. The number of methoxy groups -OCH3 is 2. The van der Waals surface area contributed by atoms with Gasteiger partial charge < -0.3 is 23.8 Å². The van der Waals surface area contributed by atoms with Crippen LogP contribution in [0.25, 0.3) is 0 Å². The van der Waals surface area contributed by atoms with E-state index in [4.69, 9.17) is 18.9 Å². The number of thioether (sulfide) groups is 1. The summed E-state index contributed by atoms with van der Waals surface area (Å²) in [4.78, 5) is 37.2. The maximum absolute atomic E-state index is 12.3. The van der Waals surface area contributed by atoms with E-state index in [9.17, 15) is 14.4 Å². The summed E-state index contributed by atoms with van der Waals surface area (Å²) in [6.07, 6.45) is 1.27. The van der Waals surface area contributed by atoms with Crippen LogP contribution < -0.4 is 9.47 Å². The Morgan fingerprint density at radius 1 is 1.15 bits per heavy atom. The maximum Gasteiger partial charge on any atom is 0.338 e. The molecule has 1 heterocycles. The van der Waals surface area contributed by atoms with Crippen LogP contribution in [0.5, 0.6) is 11.5 Å². The molecule has 1 saturated heterocycles. The number of hydrogen-bond acceptors (Lipinski definition) is 8. The average molecular weight is 395 g/mol. The first kappa shape index (κ1) is 20.6. The number of amides is 1. The van der Waals surface area contributed by atoms with Gasteiger partial charge in [-0.1, -0.05) is 11.8 Å². The Hall–Kier alpha value is -2.68. The monoisotopic (exact) mass is 395 g/mol. The SMILES string of the molecule is CCOC(=O)/C=C1\SCC(=O)N1CCOC(=O)c1cc(OC)cc(OC)c1. The van der Waals surface area contributed by atoms with E-state index < -0.39 is 11.9 Å². The van der Waals surface area contributed by atoms with Gasteiger partial charge in [0.25, 0.3) is 0 Å². The van der Waals surface area contributed by atoms with Crippen LogP contribution in [0, 0.1) is 0 Å². The Morgan fingerprint density at radius 3 is 2.41 bits per heavy atom. The molecule has 8 nitrogen and oxygen atoms in total. The van der Waals surface area contributed by atoms with E-state index in [1.807, 2.05) is 0 Å². The van der Waals surface area contributed by atoms with Crippen molar-refractivity contribution in [3.63, 3.8) is 0 Å². The number of carbonyl (C=O) groups excluding carboxylic acids is 3. The summed E-state index contributed by atoms with van der Waals surface area (Å²) in [6, 6.07) is 4.71. The van der Waals surface area contributed by atoms with Crippen molar-refractivity contribution in [3.05, 3.63) is 34.9 Å². The first-order valence-corrected chi connectivity index (χ1v) is 9.18. The zero-order valence-electron chi connectivity index (χ0n) is 15.4. The van der Waals surface area contributed by atoms with E-state index in [0.29, 0.717) is 16.5 Å². The zero-order valence-corrected chi connectivity index (χ0v) is 16.2. The second kappa shape index (κ2) is 9.86. The van der Waals surface area contributed by atoms with Crippen molar-refractivity contribution in [1.82, 2.24) is 4.90 Å². The third kappa shape index (κ3) is 5.65. The van der Waals surface area contributed by atoms with E-state index >= 15 is 0 Å². The summed E-state index contributed by atoms with van der Waals surface area (Å²) in [6.45, 7) is 2.08. The molecule has 1 aromatic carbocycles. The number of ether oxygens (including phenoxy) is 4. The molecule has 2 rings (SSSR count). The minimum absolute atomic E-state index is 0.0230. The van der Waals surface area contributed by atoms with Crippen LogP contribution in [0.4, 0.5) is 0 Å². The van der Waals surface area contributed by atoms with Gasteiger partial charge in [0.2, 0.25) is 5.91 Å². The molecule has 0 atom stereocenters. The molecular formula is C18H21NO7S. The van der Waals surface area contributed by atoms with Gasteiger partial charge in [-0.2, -0.15) is 0 Å². The van der Waals surface area contributed by atoms with Gasteiger partial charge in [0.1, 0.15) is 18.1 Å². The van der Waals surface area contributed by atoms with Crippen LogP contribution in [0.1, 0.15) is 17.3 Å². The number of esters is 2. The molecule has 0 radical (unpaired) electrons. The maximum atomic E-state index is 12.3. The Labute approximate surface area is 161 Å². The third-order valence-corrected chi connectivity index (χ3v) is 4.60. The molecule has 27 heavy (non-hydrogen) atoms. The van der Waals surface area contributed by atoms with E-state index in [0.717, 1.165) is 0 Å². The fourth-order valence-corrected chi connectivity index (χ4v) is 3.25. The van der Waals surface area contributed by atoms with Gasteiger partial charge in [-0.15, -0.1) is 0 Å². The molecule has 1 aromatic rings. The predicted molar refractivity (Wildman–Crippen MR) is 98.7 cm³/mol. The highest BCUT2D eigenvalue weighted by atomic mass is 32.2. The highest BCUT2D eigenvalue weighted by Crippen LogP contribution is 2.28. The normalized spacial score (nSPS) is 15.0. The van der Waals surface area contributed by atoms with Crippen molar-refractivity contribution in [2.24, 2.45) is 0 Å². The third-order valence-electron chi connectivity index (χ3n) is 3.57. The lowest BCUT2D eigenvalue weighted by atomic mass is 10.2. The van der Waals surface area contributed by atoms with E-state index in [1.54, 1.807) is 13.0 Å². The van der Waals surface area contributed by atoms with Gasteiger partial charge in [-0.3, -0.25) is 4.79 Å². The minimum Gasteiger partial charge on any atom is -0.497 e. The van der Waals surface area contributed by atoms with Crippen molar-refractivity contribution < 1.29 is 33.3 Å². The largest absolute Gasteiger partial charge is 0.497 e. The molecule has 9 heteroatoms. The molecule has 146 valence electrons. The van der Waals surface area contributed by atoms with E-state index in [-0.39, 0.29) is 37.0 Å². The molecule has 0 aromatic heterocycles. The molecule has 0 bridgehead atoms. The molecule has 1 aliphatic rings. The topological polar surface area (TPSA) is 91.4 Å². The molecule has 0 N–H and O–H groups in total. The number of carbonyl (C=O) groups is 3. The van der Waals surface area contributed by atoms with Crippen LogP contribution in [0.3, 0.4) is 0 Å². The number of benzene rings is 1.